The highest BCUT2D eigenvalue weighted by atomic mass is 16.5. The Balaban J connectivity index is 2.59. The van der Waals surface area contributed by atoms with Crippen LogP contribution in [0.25, 0.3) is 0 Å². The third-order valence-corrected chi connectivity index (χ3v) is 3.00. The fourth-order valence-corrected chi connectivity index (χ4v) is 1.70. The van der Waals surface area contributed by atoms with Crippen LogP contribution in [0, 0.1) is 13.8 Å². The van der Waals surface area contributed by atoms with Crippen LogP contribution in [0.2, 0.25) is 0 Å². The van der Waals surface area contributed by atoms with Gasteiger partial charge in [0.25, 0.3) is 5.91 Å². The molecule has 1 aromatic carbocycles. The number of aryl methyl sites for hydroxylation is 2. The van der Waals surface area contributed by atoms with Gasteiger partial charge in [-0.15, -0.1) is 0 Å². The van der Waals surface area contributed by atoms with E-state index in [2.05, 4.69) is 5.32 Å². The summed E-state index contributed by atoms with van der Waals surface area (Å²) in [7, 11) is 0. The van der Waals surface area contributed by atoms with Crippen LogP contribution in [0.4, 0.5) is 0 Å². The average molecular weight is 283 g/mol. The first kappa shape index (κ1) is 16.4. The Hall–Kier alpha value is -1.63. The van der Waals surface area contributed by atoms with E-state index in [1.165, 1.54) is 0 Å². The number of ether oxygens (including phenoxy) is 1. The van der Waals surface area contributed by atoms with Gasteiger partial charge in [0.05, 0.1) is 19.8 Å². The molecule has 0 aliphatic rings. The van der Waals surface area contributed by atoms with Gasteiger partial charge in [0, 0.05) is 0 Å². The smallest absolute Gasteiger partial charge is 0.258 e. The minimum absolute atomic E-state index is 0.258. The minimum Gasteiger partial charge on any atom is -0.484 e. The van der Waals surface area contributed by atoms with E-state index < -0.39 is 31.3 Å². The molecular formula is C14H21NO5. The number of nitrogens with one attached hydrogen (secondary N) is 1. The maximum atomic E-state index is 11.7. The first-order valence-corrected chi connectivity index (χ1v) is 6.30. The molecule has 112 valence electrons. The second kappa shape index (κ2) is 7.23. The zero-order chi connectivity index (χ0) is 15.2. The van der Waals surface area contributed by atoms with Crippen molar-refractivity contribution >= 4 is 5.91 Å². The number of aliphatic hydroxyl groups excluding tert-OH is 3. The second-order valence-corrected chi connectivity index (χ2v) is 4.86. The van der Waals surface area contributed by atoms with Gasteiger partial charge in [-0.25, -0.2) is 0 Å². The van der Waals surface area contributed by atoms with Crippen molar-refractivity contribution in [2.45, 2.75) is 19.4 Å². The Bertz CT molecular complexity index is 449. The summed E-state index contributed by atoms with van der Waals surface area (Å²) < 4.78 is 5.38. The lowest BCUT2D eigenvalue weighted by atomic mass is 10.0. The SMILES string of the molecule is Cc1ccc(OCC(=O)NC(CO)(CO)CO)c(C)c1. The third kappa shape index (κ3) is 4.19. The van der Waals surface area contributed by atoms with Crippen molar-refractivity contribution in [3.63, 3.8) is 0 Å². The second-order valence-electron chi connectivity index (χ2n) is 4.86. The molecule has 0 atom stereocenters. The summed E-state index contributed by atoms with van der Waals surface area (Å²) in [4.78, 5) is 11.7. The molecule has 0 radical (unpaired) electrons. The number of carbonyl (C=O) groups excluding carboxylic acids is 1. The van der Waals surface area contributed by atoms with Crippen LogP contribution in [-0.2, 0) is 4.79 Å². The van der Waals surface area contributed by atoms with Crippen molar-refractivity contribution in [3.05, 3.63) is 29.3 Å². The highest BCUT2D eigenvalue weighted by Gasteiger charge is 2.29. The lowest BCUT2D eigenvalue weighted by molar-refractivity contribution is -0.127. The summed E-state index contributed by atoms with van der Waals surface area (Å²) in [6.45, 7) is 1.90. The molecule has 20 heavy (non-hydrogen) atoms. The monoisotopic (exact) mass is 283 g/mol. The Labute approximate surface area is 118 Å². The topological polar surface area (TPSA) is 99.0 Å². The Kier molecular flexibility index (Phi) is 5.94. The molecule has 0 spiro atoms. The molecule has 1 rings (SSSR count). The number of aliphatic hydroxyl groups is 3. The maximum Gasteiger partial charge on any atom is 0.258 e. The molecule has 4 N–H and O–H groups in total. The van der Waals surface area contributed by atoms with Crippen molar-refractivity contribution < 1.29 is 24.9 Å². The average Bonchev–Trinajstić information content (AvgIpc) is 2.44. The summed E-state index contributed by atoms with van der Waals surface area (Å²) in [6, 6.07) is 5.59. The number of amides is 1. The number of carbonyl (C=O) groups is 1. The predicted octanol–water partition coefficient (Wildman–Crippen LogP) is -0.486. The fraction of sp³-hybridized carbons (Fsp3) is 0.500. The largest absolute Gasteiger partial charge is 0.484 e. The van der Waals surface area contributed by atoms with Gasteiger partial charge in [-0.3, -0.25) is 4.79 Å². The van der Waals surface area contributed by atoms with Gasteiger partial charge in [0.1, 0.15) is 11.3 Å². The Morgan fingerprint density at radius 1 is 1.20 bits per heavy atom. The van der Waals surface area contributed by atoms with E-state index in [-0.39, 0.29) is 6.61 Å². The van der Waals surface area contributed by atoms with Crippen LogP contribution in [0.5, 0.6) is 5.75 Å². The summed E-state index contributed by atoms with van der Waals surface area (Å²) in [5.74, 6) is 0.0653. The minimum atomic E-state index is -1.43. The van der Waals surface area contributed by atoms with Gasteiger partial charge in [-0.05, 0) is 25.5 Å². The first-order chi connectivity index (χ1) is 9.46. The van der Waals surface area contributed by atoms with Crippen LogP contribution >= 0.6 is 0 Å². The molecule has 0 saturated heterocycles. The number of hydrogen-bond donors (Lipinski definition) is 4. The van der Waals surface area contributed by atoms with Crippen molar-refractivity contribution in [1.29, 1.82) is 0 Å². The highest BCUT2D eigenvalue weighted by molar-refractivity contribution is 5.78. The lowest BCUT2D eigenvalue weighted by Gasteiger charge is -2.28. The van der Waals surface area contributed by atoms with E-state index in [1.54, 1.807) is 6.07 Å². The van der Waals surface area contributed by atoms with Crippen molar-refractivity contribution in [1.82, 2.24) is 5.32 Å². The summed E-state index contributed by atoms with van der Waals surface area (Å²) in [6.07, 6.45) is 0. The molecular weight excluding hydrogens is 262 g/mol. The van der Waals surface area contributed by atoms with Crippen molar-refractivity contribution in [3.8, 4) is 5.75 Å². The molecule has 1 aromatic rings. The molecule has 0 saturated carbocycles. The van der Waals surface area contributed by atoms with Gasteiger partial charge in [0.2, 0.25) is 0 Å². The van der Waals surface area contributed by atoms with E-state index in [4.69, 9.17) is 20.1 Å². The van der Waals surface area contributed by atoms with Crippen LogP contribution in [-0.4, -0.2) is 53.2 Å². The molecule has 0 aliphatic carbocycles. The zero-order valence-electron chi connectivity index (χ0n) is 11.7. The molecule has 0 fully saturated rings. The summed E-state index contributed by atoms with van der Waals surface area (Å²) in [5, 5.41) is 29.7. The number of benzene rings is 1. The summed E-state index contributed by atoms with van der Waals surface area (Å²) in [5.41, 5.74) is 0.581. The molecule has 0 aliphatic heterocycles. The van der Waals surface area contributed by atoms with Crippen molar-refractivity contribution in [2.24, 2.45) is 0 Å². The molecule has 1 amide bonds. The quantitative estimate of drug-likeness (QED) is 0.541. The van der Waals surface area contributed by atoms with Gasteiger partial charge in [-0.2, -0.15) is 0 Å². The third-order valence-electron chi connectivity index (χ3n) is 3.00. The van der Waals surface area contributed by atoms with Gasteiger partial charge < -0.3 is 25.4 Å². The molecule has 0 bridgehead atoms. The molecule has 0 heterocycles. The number of hydrogen-bond acceptors (Lipinski definition) is 5. The lowest BCUT2D eigenvalue weighted by Crippen LogP contribution is -2.58. The predicted molar refractivity (Wildman–Crippen MR) is 73.5 cm³/mol. The summed E-state index contributed by atoms with van der Waals surface area (Å²) >= 11 is 0. The van der Waals surface area contributed by atoms with E-state index in [1.807, 2.05) is 26.0 Å². The van der Waals surface area contributed by atoms with Crippen LogP contribution < -0.4 is 10.1 Å². The normalized spacial score (nSPS) is 11.2. The van der Waals surface area contributed by atoms with Crippen LogP contribution in [0.1, 0.15) is 11.1 Å². The van der Waals surface area contributed by atoms with E-state index in [0.717, 1.165) is 11.1 Å². The molecule has 0 aromatic heterocycles. The molecule has 6 heteroatoms. The van der Waals surface area contributed by atoms with Gasteiger partial charge in [-0.1, -0.05) is 17.7 Å². The maximum absolute atomic E-state index is 11.7. The van der Waals surface area contributed by atoms with Gasteiger partial charge in [0.15, 0.2) is 6.61 Å². The zero-order valence-corrected chi connectivity index (χ0v) is 11.7. The standard InChI is InChI=1S/C14H21NO5/c1-10-3-4-12(11(2)5-10)20-6-13(19)15-14(7-16,8-17)9-18/h3-5,16-18H,6-9H2,1-2H3,(H,15,19). The number of rotatable bonds is 7. The Morgan fingerprint density at radius 3 is 2.30 bits per heavy atom. The van der Waals surface area contributed by atoms with Gasteiger partial charge >= 0.3 is 0 Å². The fourth-order valence-electron chi connectivity index (χ4n) is 1.70. The molecule has 0 unspecified atom stereocenters. The van der Waals surface area contributed by atoms with Crippen molar-refractivity contribution in [2.75, 3.05) is 26.4 Å². The Morgan fingerprint density at radius 2 is 1.80 bits per heavy atom. The van der Waals surface area contributed by atoms with E-state index in [9.17, 15) is 4.79 Å². The van der Waals surface area contributed by atoms with Crippen LogP contribution in [0.15, 0.2) is 18.2 Å². The van der Waals surface area contributed by atoms with E-state index in [0.29, 0.717) is 5.75 Å². The highest BCUT2D eigenvalue weighted by Crippen LogP contribution is 2.18. The first-order valence-electron chi connectivity index (χ1n) is 6.30. The van der Waals surface area contributed by atoms with Crippen LogP contribution in [0.3, 0.4) is 0 Å². The van der Waals surface area contributed by atoms with E-state index >= 15 is 0 Å². The molecule has 6 nitrogen and oxygen atoms in total.